The molecule has 7 nitrogen and oxygen atoms in total. The minimum absolute atomic E-state index is 0.0235. The molecule has 1 N–H and O–H groups in total. The van der Waals surface area contributed by atoms with E-state index in [-0.39, 0.29) is 11.5 Å². The molecule has 2 aromatic rings. The predicted octanol–water partition coefficient (Wildman–Crippen LogP) is 1.64. The summed E-state index contributed by atoms with van der Waals surface area (Å²) in [6.07, 6.45) is 1.77. The fraction of sp³-hybridized carbons (Fsp3) is 0.769. The zero-order valence-electron chi connectivity index (χ0n) is 13.3. The molecule has 1 unspecified atom stereocenters. The highest BCUT2D eigenvalue weighted by Crippen LogP contribution is 2.31. The summed E-state index contributed by atoms with van der Waals surface area (Å²) in [5.74, 6) is 0.736. The van der Waals surface area contributed by atoms with Crippen molar-refractivity contribution in [1.29, 1.82) is 0 Å². The summed E-state index contributed by atoms with van der Waals surface area (Å²) < 4.78 is 4.15. The summed E-state index contributed by atoms with van der Waals surface area (Å²) in [5, 5.41) is 20.2. The molecule has 116 valence electrons. The third-order valence-electron chi connectivity index (χ3n) is 3.12. The number of aromatic nitrogens is 6. The van der Waals surface area contributed by atoms with Crippen LogP contribution in [-0.2, 0) is 18.9 Å². The van der Waals surface area contributed by atoms with Crippen LogP contribution >= 0.6 is 11.5 Å². The summed E-state index contributed by atoms with van der Waals surface area (Å²) in [4.78, 5) is 2.66. The minimum Gasteiger partial charge on any atom is -0.309 e. The first-order valence-corrected chi connectivity index (χ1v) is 7.98. The van der Waals surface area contributed by atoms with Crippen molar-refractivity contribution in [3.63, 3.8) is 0 Å². The van der Waals surface area contributed by atoms with Crippen LogP contribution in [0.5, 0.6) is 0 Å². The number of tetrazole rings is 1. The van der Waals surface area contributed by atoms with Crippen LogP contribution in [0.4, 0.5) is 0 Å². The van der Waals surface area contributed by atoms with E-state index in [2.05, 4.69) is 58.0 Å². The van der Waals surface area contributed by atoms with E-state index in [9.17, 15) is 0 Å². The van der Waals surface area contributed by atoms with Crippen LogP contribution in [0.2, 0.25) is 0 Å². The fourth-order valence-electron chi connectivity index (χ4n) is 2.11. The van der Waals surface area contributed by atoms with Gasteiger partial charge in [-0.25, -0.2) is 0 Å². The Morgan fingerprint density at radius 2 is 2.05 bits per heavy atom. The Labute approximate surface area is 129 Å². The van der Waals surface area contributed by atoms with Crippen molar-refractivity contribution < 1.29 is 0 Å². The molecule has 0 fully saturated rings. The number of nitrogens with zero attached hydrogens (tertiary/aromatic N) is 6. The molecule has 0 saturated carbocycles. The first-order valence-electron chi connectivity index (χ1n) is 7.20. The first kappa shape index (κ1) is 16.0. The van der Waals surface area contributed by atoms with Crippen molar-refractivity contribution in [1.82, 2.24) is 35.1 Å². The van der Waals surface area contributed by atoms with E-state index in [1.54, 1.807) is 7.05 Å². The van der Waals surface area contributed by atoms with E-state index in [1.165, 1.54) is 21.2 Å². The molecule has 0 saturated heterocycles. The Kier molecular flexibility index (Phi) is 5.00. The number of rotatable bonds is 6. The summed E-state index contributed by atoms with van der Waals surface area (Å²) in [5.41, 5.74) is 1.02. The lowest BCUT2D eigenvalue weighted by atomic mass is 9.89. The van der Waals surface area contributed by atoms with Gasteiger partial charge in [0.25, 0.3) is 0 Å². The van der Waals surface area contributed by atoms with E-state index < -0.39 is 0 Å². The average Bonchev–Trinajstić information content (AvgIpc) is 3.02. The van der Waals surface area contributed by atoms with Gasteiger partial charge in [-0.1, -0.05) is 32.2 Å². The lowest BCUT2D eigenvalue weighted by Gasteiger charge is -2.21. The summed E-state index contributed by atoms with van der Waals surface area (Å²) >= 11 is 1.45. The number of nitrogens with one attached hydrogen (secondary N) is 1. The van der Waals surface area contributed by atoms with E-state index >= 15 is 0 Å². The molecule has 1 atom stereocenters. The highest BCUT2D eigenvalue weighted by Gasteiger charge is 2.28. The first-order chi connectivity index (χ1) is 9.91. The Hall–Kier alpha value is -1.41. The van der Waals surface area contributed by atoms with Crippen molar-refractivity contribution >= 4 is 11.5 Å². The minimum atomic E-state index is -0.0235. The summed E-state index contributed by atoms with van der Waals surface area (Å²) in [7, 11) is 1.78. The van der Waals surface area contributed by atoms with Crippen LogP contribution < -0.4 is 5.32 Å². The second-order valence-electron chi connectivity index (χ2n) is 6.14. The molecule has 0 aliphatic rings. The third-order valence-corrected chi connectivity index (χ3v) is 3.96. The number of hydrogen-bond acceptors (Lipinski definition) is 7. The van der Waals surface area contributed by atoms with E-state index in [1.807, 2.05) is 0 Å². The molecular formula is C13H23N7S. The molecule has 21 heavy (non-hydrogen) atoms. The second-order valence-corrected chi connectivity index (χ2v) is 6.93. The molecule has 0 radical (unpaired) electrons. The van der Waals surface area contributed by atoms with Gasteiger partial charge >= 0.3 is 0 Å². The van der Waals surface area contributed by atoms with Gasteiger partial charge in [-0.05, 0) is 29.7 Å². The maximum absolute atomic E-state index is 4.33. The van der Waals surface area contributed by atoms with Crippen LogP contribution in [-0.4, -0.2) is 36.3 Å². The molecule has 0 aliphatic heterocycles. The van der Waals surface area contributed by atoms with E-state index in [0.717, 1.165) is 24.5 Å². The smallest absolute Gasteiger partial charge is 0.176 e. The molecular weight excluding hydrogens is 286 g/mol. The van der Waals surface area contributed by atoms with E-state index in [4.69, 9.17) is 0 Å². The third kappa shape index (κ3) is 4.04. The van der Waals surface area contributed by atoms with Crippen molar-refractivity contribution in [2.45, 2.75) is 52.0 Å². The highest BCUT2D eigenvalue weighted by molar-refractivity contribution is 7.05. The van der Waals surface area contributed by atoms with Gasteiger partial charge in [0.15, 0.2) is 5.82 Å². The number of aryl methyl sites for hydroxylation is 1. The van der Waals surface area contributed by atoms with Gasteiger partial charge < -0.3 is 5.32 Å². The molecule has 2 heterocycles. The Morgan fingerprint density at radius 3 is 2.62 bits per heavy atom. The molecule has 2 aromatic heterocycles. The molecule has 0 bridgehead atoms. The van der Waals surface area contributed by atoms with Gasteiger partial charge in [-0.15, -0.1) is 15.3 Å². The molecule has 8 heteroatoms. The Bertz CT molecular complexity index is 569. The van der Waals surface area contributed by atoms with Crippen LogP contribution in [0.1, 0.15) is 56.6 Å². The number of hydrogen-bond donors (Lipinski definition) is 1. The van der Waals surface area contributed by atoms with Gasteiger partial charge in [0.1, 0.15) is 0 Å². The standard InChI is InChI=1S/C13H23N7S/c1-6-7-14-9(8-10-15-18-20(5)17-10)11-12(13(2,3)4)16-19-21-11/h9,14H,6-8H2,1-5H3. The Balaban J connectivity index is 2.25. The van der Waals surface area contributed by atoms with Crippen LogP contribution in [0, 0.1) is 0 Å². The SMILES string of the molecule is CCCNC(Cc1nnn(C)n1)c1snnc1C(C)(C)C. The zero-order chi connectivity index (χ0) is 15.5. The van der Waals surface area contributed by atoms with Crippen molar-refractivity contribution in [2.75, 3.05) is 6.54 Å². The van der Waals surface area contributed by atoms with Gasteiger partial charge in [0.05, 0.1) is 23.7 Å². The van der Waals surface area contributed by atoms with Crippen molar-refractivity contribution in [3.05, 3.63) is 16.4 Å². The lowest BCUT2D eigenvalue weighted by Crippen LogP contribution is -2.27. The molecule has 2 rings (SSSR count). The molecule has 0 amide bonds. The van der Waals surface area contributed by atoms with E-state index in [0.29, 0.717) is 6.42 Å². The fourth-order valence-corrected chi connectivity index (χ4v) is 3.05. The second kappa shape index (κ2) is 6.57. The van der Waals surface area contributed by atoms with Crippen LogP contribution in [0.25, 0.3) is 0 Å². The Morgan fingerprint density at radius 1 is 1.29 bits per heavy atom. The van der Waals surface area contributed by atoms with Crippen molar-refractivity contribution in [2.24, 2.45) is 7.05 Å². The van der Waals surface area contributed by atoms with Gasteiger partial charge in [0.2, 0.25) is 0 Å². The van der Waals surface area contributed by atoms with Crippen LogP contribution in [0.3, 0.4) is 0 Å². The maximum Gasteiger partial charge on any atom is 0.176 e. The normalized spacial score (nSPS) is 13.6. The summed E-state index contributed by atoms with van der Waals surface area (Å²) in [6.45, 7) is 9.56. The van der Waals surface area contributed by atoms with Crippen molar-refractivity contribution in [3.8, 4) is 0 Å². The molecule has 0 spiro atoms. The maximum atomic E-state index is 4.33. The average molecular weight is 309 g/mol. The quantitative estimate of drug-likeness (QED) is 0.873. The largest absolute Gasteiger partial charge is 0.309 e. The van der Waals surface area contributed by atoms with Gasteiger partial charge in [-0.2, -0.15) is 4.80 Å². The van der Waals surface area contributed by atoms with Gasteiger partial charge in [-0.3, -0.25) is 0 Å². The highest BCUT2D eigenvalue weighted by atomic mass is 32.1. The molecule has 0 aliphatic carbocycles. The van der Waals surface area contributed by atoms with Crippen LogP contribution in [0.15, 0.2) is 0 Å². The monoisotopic (exact) mass is 309 g/mol. The topological polar surface area (TPSA) is 81.4 Å². The van der Waals surface area contributed by atoms with Gasteiger partial charge in [0, 0.05) is 11.8 Å². The zero-order valence-corrected chi connectivity index (χ0v) is 14.1. The summed E-state index contributed by atoms with van der Waals surface area (Å²) in [6, 6.07) is 0.128. The predicted molar refractivity (Wildman–Crippen MR) is 82.1 cm³/mol. The molecule has 0 aromatic carbocycles. The lowest BCUT2D eigenvalue weighted by molar-refractivity contribution is 0.496.